The van der Waals surface area contributed by atoms with E-state index < -0.39 is 48.4 Å². The molecule has 200 valence electrons. The lowest BCUT2D eigenvalue weighted by atomic mass is 10.1. The molecule has 36 heavy (non-hydrogen) atoms. The normalized spacial score (nSPS) is 13.1. The minimum Gasteiger partial charge on any atom is -0.508 e. The third kappa shape index (κ3) is 12.3. The van der Waals surface area contributed by atoms with E-state index in [1.807, 2.05) is 6.26 Å². The summed E-state index contributed by atoms with van der Waals surface area (Å²) >= 11 is 1.48. The lowest BCUT2D eigenvalue weighted by Gasteiger charge is -2.21. The Bertz CT molecular complexity index is 909. The van der Waals surface area contributed by atoms with Crippen molar-refractivity contribution in [1.82, 2.24) is 16.0 Å². The number of nitrogens with two attached hydrogens (primary N) is 3. The van der Waals surface area contributed by atoms with Crippen molar-refractivity contribution in [2.24, 2.45) is 22.2 Å². The molecule has 0 radical (unpaired) electrons. The van der Waals surface area contributed by atoms with Gasteiger partial charge in [0.2, 0.25) is 17.7 Å². The van der Waals surface area contributed by atoms with Crippen molar-refractivity contribution in [3.63, 3.8) is 0 Å². The van der Waals surface area contributed by atoms with Gasteiger partial charge in [0.25, 0.3) is 0 Å². The number of nitrogens with one attached hydrogen (secondary N) is 3. The van der Waals surface area contributed by atoms with E-state index in [1.54, 1.807) is 12.1 Å². The Morgan fingerprint density at radius 1 is 1.03 bits per heavy atom. The number of benzene rings is 1. The summed E-state index contributed by atoms with van der Waals surface area (Å²) < 4.78 is 0. The van der Waals surface area contributed by atoms with Gasteiger partial charge in [-0.05, 0) is 55.4 Å². The monoisotopic (exact) mass is 525 g/mol. The van der Waals surface area contributed by atoms with Gasteiger partial charge in [-0.3, -0.25) is 19.4 Å². The van der Waals surface area contributed by atoms with Gasteiger partial charge in [-0.25, -0.2) is 4.79 Å². The van der Waals surface area contributed by atoms with Crippen molar-refractivity contribution in [3.8, 4) is 5.75 Å². The van der Waals surface area contributed by atoms with E-state index in [0.29, 0.717) is 18.6 Å². The van der Waals surface area contributed by atoms with Crippen molar-refractivity contribution in [3.05, 3.63) is 29.8 Å². The highest BCUT2D eigenvalue weighted by Crippen LogP contribution is 2.11. The number of carboxylic acids is 1. The summed E-state index contributed by atoms with van der Waals surface area (Å²) in [6, 6.07) is 3.22. The maximum atomic E-state index is 12.7. The van der Waals surface area contributed by atoms with Crippen LogP contribution in [0.15, 0.2) is 29.3 Å². The molecule has 14 heteroatoms. The van der Waals surface area contributed by atoms with Gasteiger partial charge in [0.05, 0.1) is 12.6 Å². The number of phenols is 1. The number of hydrogen-bond acceptors (Lipinski definition) is 8. The Hall–Kier alpha value is -3.52. The highest BCUT2D eigenvalue weighted by molar-refractivity contribution is 7.98. The number of aliphatic carboxylic acids is 1. The zero-order valence-electron chi connectivity index (χ0n) is 20.1. The standard InChI is InChI=1S/C22H35N7O6S/c1-36-10-8-16(29-19(32)15(23)11-13-4-6-14(30)7-5-13)20(33)27-12-18(31)28-17(21(34)35)3-2-9-26-22(24)25/h4-7,15-17,30H,2-3,8-12,23H2,1H3,(H,27,33)(H,28,31)(H,29,32)(H,34,35)(H4,24,25,26). The first-order valence-electron chi connectivity index (χ1n) is 11.2. The van der Waals surface area contributed by atoms with Gasteiger partial charge < -0.3 is 43.4 Å². The van der Waals surface area contributed by atoms with Crippen LogP contribution in [-0.4, -0.2) is 83.1 Å². The van der Waals surface area contributed by atoms with Crippen molar-refractivity contribution in [1.29, 1.82) is 0 Å². The zero-order chi connectivity index (χ0) is 27.1. The molecule has 0 saturated carbocycles. The van der Waals surface area contributed by atoms with Crippen LogP contribution in [-0.2, 0) is 25.6 Å². The molecular formula is C22H35N7O6S. The van der Waals surface area contributed by atoms with Crippen LogP contribution in [0.1, 0.15) is 24.8 Å². The first-order valence-corrected chi connectivity index (χ1v) is 12.6. The summed E-state index contributed by atoms with van der Waals surface area (Å²) in [4.78, 5) is 52.6. The lowest BCUT2D eigenvalue weighted by molar-refractivity contribution is -0.142. The SMILES string of the molecule is CSCCC(NC(=O)C(N)Cc1ccc(O)cc1)C(=O)NCC(=O)NC(CCCN=C(N)N)C(=O)O. The Balaban J connectivity index is 2.62. The molecule has 3 atom stereocenters. The first kappa shape index (κ1) is 30.5. The fraction of sp³-hybridized carbons (Fsp3) is 0.500. The average Bonchev–Trinajstić information content (AvgIpc) is 2.82. The molecule has 0 heterocycles. The predicted octanol–water partition coefficient (Wildman–Crippen LogP) is -1.76. The van der Waals surface area contributed by atoms with Gasteiger partial charge in [0.1, 0.15) is 17.8 Å². The molecule has 1 aromatic rings. The molecule has 0 bridgehead atoms. The van der Waals surface area contributed by atoms with Crippen molar-refractivity contribution >= 4 is 41.4 Å². The number of thioether (sulfide) groups is 1. The number of amides is 3. The molecule has 0 aliphatic carbocycles. The van der Waals surface area contributed by atoms with Gasteiger partial charge in [0, 0.05) is 6.54 Å². The Morgan fingerprint density at radius 3 is 2.28 bits per heavy atom. The van der Waals surface area contributed by atoms with Crippen molar-refractivity contribution < 1.29 is 29.4 Å². The van der Waals surface area contributed by atoms with Crippen LogP contribution in [0.3, 0.4) is 0 Å². The number of rotatable bonds is 16. The van der Waals surface area contributed by atoms with Crippen molar-refractivity contribution in [2.75, 3.05) is 25.1 Å². The summed E-state index contributed by atoms with van der Waals surface area (Å²) in [5.41, 5.74) is 17.2. The second-order valence-corrected chi connectivity index (χ2v) is 8.93. The van der Waals surface area contributed by atoms with Gasteiger partial charge >= 0.3 is 5.97 Å². The third-order valence-corrected chi connectivity index (χ3v) is 5.62. The molecule has 3 unspecified atom stereocenters. The average molecular weight is 526 g/mol. The van der Waals surface area contributed by atoms with Gasteiger partial charge in [-0.1, -0.05) is 12.1 Å². The van der Waals surface area contributed by atoms with E-state index in [0.717, 1.165) is 5.56 Å². The Morgan fingerprint density at radius 2 is 1.69 bits per heavy atom. The second kappa shape index (κ2) is 16.2. The molecule has 13 nitrogen and oxygen atoms in total. The highest BCUT2D eigenvalue weighted by atomic mass is 32.2. The second-order valence-electron chi connectivity index (χ2n) is 7.94. The quantitative estimate of drug-likeness (QED) is 0.0687. The fourth-order valence-electron chi connectivity index (χ4n) is 3.06. The molecule has 3 amide bonds. The van der Waals surface area contributed by atoms with Crippen LogP contribution in [0.5, 0.6) is 5.75 Å². The number of nitrogens with zero attached hydrogens (tertiary/aromatic N) is 1. The summed E-state index contributed by atoms with van der Waals surface area (Å²) in [5, 5.41) is 26.0. The number of hydrogen-bond donors (Lipinski definition) is 8. The zero-order valence-corrected chi connectivity index (χ0v) is 20.9. The summed E-state index contributed by atoms with van der Waals surface area (Å²) in [6.45, 7) is -0.258. The molecular weight excluding hydrogens is 490 g/mol. The van der Waals surface area contributed by atoms with Crippen LogP contribution in [0.25, 0.3) is 0 Å². The molecule has 0 spiro atoms. The van der Waals surface area contributed by atoms with E-state index >= 15 is 0 Å². The van der Waals surface area contributed by atoms with Crippen molar-refractivity contribution in [2.45, 2.75) is 43.8 Å². The maximum absolute atomic E-state index is 12.7. The number of carbonyl (C=O) groups is 4. The van der Waals surface area contributed by atoms with Crippen LogP contribution in [0.4, 0.5) is 0 Å². The molecule has 0 fully saturated rings. The molecule has 0 aliphatic rings. The first-order chi connectivity index (χ1) is 17.0. The number of guanidine groups is 1. The van der Waals surface area contributed by atoms with Crippen LogP contribution in [0.2, 0.25) is 0 Å². The minimum absolute atomic E-state index is 0.0928. The van der Waals surface area contributed by atoms with Crippen LogP contribution in [0, 0.1) is 0 Å². The summed E-state index contributed by atoms with van der Waals surface area (Å²) in [6.07, 6.45) is 2.77. The molecule has 1 aromatic carbocycles. The number of aromatic hydroxyl groups is 1. The number of aliphatic imine (C=N–C) groups is 1. The van der Waals surface area contributed by atoms with E-state index in [1.165, 1.54) is 23.9 Å². The smallest absolute Gasteiger partial charge is 0.326 e. The molecule has 0 aromatic heterocycles. The third-order valence-electron chi connectivity index (χ3n) is 4.97. The molecule has 11 N–H and O–H groups in total. The number of carboxylic acid groups (broad SMARTS) is 1. The maximum Gasteiger partial charge on any atom is 0.326 e. The molecule has 0 aliphatic heterocycles. The Labute approximate surface area is 213 Å². The largest absolute Gasteiger partial charge is 0.508 e. The lowest BCUT2D eigenvalue weighted by Crippen LogP contribution is -2.54. The topological polar surface area (TPSA) is 235 Å². The van der Waals surface area contributed by atoms with Gasteiger partial charge in [0.15, 0.2) is 5.96 Å². The summed E-state index contributed by atoms with van der Waals surface area (Å²) in [7, 11) is 0. The highest BCUT2D eigenvalue weighted by Gasteiger charge is 2.25. The Kier molecular flexibility index (Phi) is 13.7. The summed E-state index contributed by atoms with van der Waals surface area (Å²) in [5.74, 6) is -2.52. The minimum atomic E-state index is -1.23. The van der Waals surface area contributed by atoms with E-state index in [4.69, 9.17) is 17.2 Å². The number of phenolic OH excluding ortho intramolecular Hbond substituents is 1. The predicted molar refractivity (Wildman–Crippen MR) is 137 cm³/mol. The van der Waals surface area contributed by atoms with Crippen LogP contribution < -0.4 is 33.2 Å². The fourth-order valence-corrected chi connectivity index (χ4v) is 3.53. The number of carbonyl (C=O) groups excluding carboxylic acids is 3. The molecule has 1 rings (SSSR count). The van der Waals surface area contributed by atoms with E-state index in [-0.39, 0.29) is 31.1 Å². The van der Waals surface area contributed by atoms with E-state index in [2.05, 4.69) is 20.9 Å². The van der Waals surface area contributed by atoms with Gasteiger partial charge in [-0.2, -0.15) is 11.8 Å². The van der Waals surface area contributed by atoms with E-state index in [9.17, 15) is 29.4 Å². The van der Waals surface area contributed by atoms with Crippen LogP contribution >= 0.6 is 11.8 Å². The van der Waals surface area contributed by atoms with Gasteiger partial charge in [-0.15, -0.1) is 0 Å². The molecule has 0 saturated heterocycles.